The smallest absolute Gasteiger partial charge is 0.261 e. The largest absolute Gasteiger partial charge is 0.350 e. The van der Waals surface area contributed by atoms with Crippen LogP contribution in [0.3, 0.4) is 0 Å². The number of hydrogen-bond acceptors (Lipinski definition) is 3. The van der Waals surface area contributed by atoms with Crippen LogP contribution in [0.15, 0.2) is 29.6 Å². The van der Waals surface area contributed by atoms with Gasteiger partial charge in [-0.05, 0) is 35.6 Å². The average molecular weight is 338 g/mol. The average Bonchev–Trinajstić information content (AvgIpc) is 3.00. The van der Waals surface area contributed by atoms with Crippen LogP contribution in [-0.2, 0) is 6.42 Å². The Morgan fingerprint density at radius 2 is 1.65 bits per heavy atom. The van der Waals surface area contributed by atoms with Crippen LogP contribution in [-0.4, -0.2) is 24.9 Å². The van der Waals surface area contributed by atoms with Gasteiger partial charge in [-0.3, -0.25) is 9.59 Å². The summed E-state index contributed by atoms with van der Waals surface area (Å²) in [7, 11) is 0. The van der Waals surface area contributed by atoms with Crippen molar-refractivity contribution in [2.75, 3.05) is 13.1 Å². The molecule has 0 aliphatic heterocycles. The second kappa shape index (κ2) is 7.82. The lowest BCUT2D eigenvalue weighted by Crippen LogP contribution is -2.35. The second-order valence-corrected chi connectivity index (χ2v) is 5.65. The first-order valence-corrected chi connectivity index (χ1v) is 7.99. The number of rotatable bonds is 6. The Morgan fingerprint density at radius 3 is 2.26 bits per heavy atom. The first kappa shape index (κ1) is 17.1. The predicted octanol–water partition coefficient (Wildman–Crippen LogP) is 2.75. The minimum Gasteiger partial charge on any atom is -0.350 e. The van der Waals surface area contributed by atoms with Gasteiger partial charge in [0.05, 0.1) is 4.88 Å². The molecule has 1 aromatic heterocycles. The summed E-state index contributed by atoms with van der Waals surface area (Å²) in [6, 6.07) is 5.11. The van der Waals surface area contributed by atoms with Crippen LogP contribution in [0.2, 0.25) is 0 Å². The van der Waals surface area contributed by atoms with E-state index in [1.54, 1.807) is 0 Å². The first-order chi connectivity index (χ1) is 11.0. The molecule has 1 aromatic carbocycles. The summed E-state index contributed by atoms with van der Waals surface area (Å²) in [5, 5.41) is 6.89. The molecule has 2 N–H and O–H groups in total. The van der Waals surface area contributed by atoms with Crippen molar-refractivity contribution in [3.05, 3.63) is 57.3 Å². The Balaban J connectivity index is 1.84. The predicted molar refractivity (Wildman–Crippen MR) is 84.7 cm³/mol. The Hall–Kier alpha value is -2.28. The molecule has 2 aromatic rings. The van der Waals surface area contributed by atoms with E-state index in [0.717, 1.165) is 24.1 Å². The zero-order chi connectivity index (χ0) is 16.8. The highest BCUT2D eigenvalue weighted by Crippen LogP contribution is 2.16. The third-order valence-corrected chi connectivity index (χ3v) is 4.18. The lowest BCUT2D eigenvalue weighted by Gasteiger charge is -2.08. The fourth-order valence-electron chi connectivity index (χ4n) is 2.05. The minimum atomic E-state index is -0.919. The number of carbonyl (C=O) groups is 2. The summed E-state index contributed by atoms with van der Waals surface area (Å²) >= 11 is 1.35. The van der Waals surface area contributed by atoms with E-state index in [4.69, 9.17) is 0 Å². The van der Waals surface area contributed by atoms with Gasteiger partial charge >= 0.3 is 0 Å². The van der Waals surface area contributed by atoms with Crippen molar-refractivity contribution in [2.24, 2.45) is 0 Å². The summed E-state index contributed by atoms with van der Waals surface area (Å²) in [5.74, 6) is -2.90. The lowest BCUT2D eigenvalue weighted by atomic mass is 10.2. The van der Waals surface area contributed by atoms with Gasteiger partial charge in [-0.25, -0.2) is 8.78 Å². The molecule has 0 atom stereocenters. The molecule has 4 nitrogen and oxygen atoms in total. The summed E-state index contributed by atoms with van der Waals surface area (Å²) in [6.45, 7) is 2.20. The summed E-state index contributed by atoms with van der Waals surface area (Å²) in [5.41, 5.74) is 0.343. The highest BCUT2D eigenvalue weighted by molar-refractivity contribution is 7.12. The molecule has 0 spiro atoms. The van der Waals surface area contributed by atoms with Crippen molar-refractivity contribution >= 4 is 23.2 Å². The molecule has 1 heterocycles. The summed E-state index contributed by atoms with van der Waals surface area (Å²) < 4.78 is 26.9. The van der Waals surface area contributed by atoms with E-state index in [9.17, 15) is 18.4 Å². The Bertz CT molecular complexity index is 696. The molecule has 0 aliphatic rings. The molecule has 2 rings (SSSR count). The Morgan fingerprint density at radius 1 is 1.04 bits per heavy atom. The maximum Gasteiger partial charge on any atom is 0.261 e. The molecule has 0 unspecified atom stereocenters. The fraction of sp³-hybridized carbons (Fsp3) is 0.250. The van der Waals surface area contributed by atoms with Crippen LogP contribution in [0.25, 0.3) is 0 Å². The molecule has 7 heteroatoms. The molecule has 23 heavy (non-hydrogen) atoms. The van der Waals surface area contributed by atoms with Crippen LogP contribution in [0.1, 0.15) is 32.5 Å². The second-order valence-electron chi connectivity index (χ2n) is 4.74. The number of halogens is 2. The van der Waals surface area contributed by atoms with Crippen molar-refractivity contribution in [2.45, 2.75) is 13.3 Å². The number of hydrogen-bond donors (Lipinski definition) is 2. The van der Waals surface area contributed by atoms with Gasteiger partial charge in [0.15, 0.2) is 0 Å². The monoisotopic (exact) mass is 338 g/mol. The third-order valence-electron chi connectivity index (χ3n) is 3.22. The number of amides is 2. The topological polar surface area (TPSA) is 58.2 Å². The van der Waals surface area contributed by atoms with Gasteiger partial charge in [0.1, 0.15) is 17.2 Å². The van der Waals surface area contributed by atoms with E-state index in [1.165, 1.54) is 17.4 Å². The van der Waals surface area contributed by atoms with Gasteiger partial charge in [0, 0.05) is 13.1 Å². The normalized spacial score (nSPS) is 10.4. The van der Waals surface area contributed by atoms with Gasteiger partial charge in [-0.15, -0.1) is 11.3 Å². The summed E-state index contributed by atoms with van der Waals surface area (Å²) in [4.78, 5) is 24.4. The highest BCUT2D eigenvalue weighted by Gasteiger charge is 2.16. The van der Waals surface area contributed by atoms with Crippen LogP contribution >= 0.6 is 11.3 Å². The molecule has 0 radical (unpaired) electrons. The maximum atomic E-state index is 13.4. The SMILES string of the molecule is CCc1ccsc1C(=O)NCCNC(=O)c1c(F)cccc1F. The van der Waals surface area contributed by atoms with Crippen molar-refractivity contribution in [1.82, 2.24) is 10.6 Å². The van der Waals surface area contributed by atoms with Gasteiger partial charge in [0.25, 0.3) is 11.8 Å². The van der Waals surface area contributed by atoms with Crippen molar-refractivity contribution in [3.8, 4) is 0 Å². The van der Waals surface area contributed by atoms with Crippen LogP contribution in [0.4, 0.5) is 8.78 Å². The zero-order valence-electron chi connectivity index (χ0n) is 12.5. The number of carbonyl (C=O) groups excluding carboxylic acids is 2. The van der Waals surface area contributed by atoms with E-state index in [1.807, 2.05) is 18.4 Å². The van der Waals surface area contributed by atoms with E-state index >= 15 is 0 Å². The van der Waals surface area contributed by atoms with E-state index in [2.05, 4.69) is 10.6 Å². The lowest BCUT2D eigenvalue weighted by molar-refractivity contribution is 0.0924. The fourth-order valence-corrected chi connectivity index (χ4v) is 2.96. The van der Waals surface area contributed by atoms with Crippen molar-refractivity contribution in [3.63, 3.8) is 0 Å². The van der Waals surface area contributed by atoms with E-state index < -0.39 is 23.1 Å². The number of nitrogens with one attached hydrogen (secondary N) is 2. The van der Waals surface area contributed by atoms with Gasteiger partial charge in [-0.2, -0.15) is 0 Å². The van der Waals surface area contributed by atoms with Gasteiger partial charge < -0.3 is 10.6 Å². The maximum absolute atomic E-state index is 13.4. The molecule has 122 valence electrons. The van der Waals surface area contributed by atoms with Crippen LogP contribution in [0.5, 0.6) is 0 Å². The van der Waals surface area contributed by atoms with Crippen molar-refractivity contribution in [1.29, 1.82) is 0 Å². The Kier molecular flexibility index (Phi) is 5.81. The van der Waals surface area contributed by atoms with E-state index in [-0.39, 0.29) is 19.0 Å². The third kappa shape index (κ3) is 4.13. The molecule has 0 aliphatic carbocycles. The minimum absolute atomic E-state index is 0.0746. The molecule has 0 bridgehead atoms. The standard InChI is InChI=1S/C16H16F2N2O2S/c1-2-10-6-9-23-14(10)16(22)20-8-7-19-15(21)13-11(17)4-3-5-12(13)18/h3-6,9H,2,7-8H2,1H3,(H,19,21)(H,20,22). The molecule has 0 fully saturated rings. The Labute approximate surface area is 136 Å². The van der Waals surface area contributed by atoms with Gasteiger partial charge in [0.2, 0.25) is 0 Å². The summed E-state index contributed by atoms with van der Waals surface area (Å²) in [6.07, 6.45) is 0.759. The number of thiophene rings is 1. The molecular weight excluding hydrogens is 322 g/mol. The molecule has 2 amide bonds. The molecule has 0 saturated carbocycles. The van der Waals surface area contributed by atoms with Gasteiger partial charge in [-0.1, -0.05) is 13.0 Å². The number of aryl methyl sites for hydroxylation is 1. The molecule has 0 saturated heterocycles. The molecular formula is C16H16F2N2O2S. The zero-order valence-corrected chi connectivity index (χ0v) is 13.3. The van der Waals surface area contributed by atoms with Crippen LogP contribution < -0.4 is 10.6 Å². The highest BCUT2D eigenvalue weighted by atomic mass is 32.1. The number of benzene rings is 1. The van der Waals surface area contributed by atoms with Crippen LogP contribution in [0, 0.1) is 11.6 Å². The van der Waals surface area contributed by atoms with E-state index in [0.29, 0.717) is 4.88 Å². The first-order valence-electron chi connectivity index (χ1n) is 7.11. The quantitative estimate of drug-likeness (QED) is 0.796. The van der Waals surface area contributed by atoms with Crippen molar-refractivity contribution < 1.29 is 18.4 Å².